The van der Waals surface area contributed by atoms with Crippen LogP contribution in [0.1, 0.15) is 26.3 Å². The van der Waals surface area contributed by atoms with E-state index in [0.29, 0.717) is 18.2 Å². The second-order valence-corrected chi connectivity index (χ2v) is 4.74. The van der Waals surface area contributed by atoms with Crippen LogP contribution >= 0.6 is 0 Å². The number of nitrogens with one attached hydrogen (secondary N) is 1. The van der Waals surface area contributed by atoms with Crippen molar-refractivity contribution in [2.45, 2.75) is 33.4 Å². The van der Waals surface area contributed by atoms with Gasteiger partial charge in [-0.05, 0) is 30.5 Å². The average Bonchev–Trinajstić information content (AvgIpc) is 2.36. The fourth-order valence-corrected chi connectivity index (χ4v) is 1.37. The van der Waals surface area contributed by atoms with Gasteiger partial charge in [-0.1, -0.05) is 26.0 Å². The first-order valence-electron chi connectivity index (χ1n) is 6.24. The van der Waals surface area contributed by atoms with Crippen LogP contribution in [0.2, 0.25) is 0 Å². The summed E-state index contributed by atoms with van der Waals surface area (Å²) in [6, 6.07) is 7.61. The zero-order valence-corrected chi connectivity index (χ0v) is 11.3. The van der Waals surface area contributed by atoms with E-state index < -0.39 is 0 Å². The highest BCUT2D eigenvalue weighted by molar-refractivity contribution is 5.77. The number of carbonyl (C=O) groups is 1. The van der Waals surface area contributed by atoms with Crippen LogP contribution in [0.3, 0.4) is 0 Å². The highest BCUT2D eigenvalue weighted by Crippen LogP contribution is 2.12. The van der Waals surface area contributed by atoms with Crippen LogP contribution in [-0.2, 0) is 11.3 Å². The number of hydrogen-bond donors (Lipinski definition) is 2. The van der Waals surface area contributed by atoms with Gasteiger partial charge in [-0.3, -0.25) is 4.79 Å². The van der Waals surface area contributed by atoms with Crippen LogP contribution in [0.25, 0.3) is 0 Å². The van der Waals surface area contributed by atoms with E-state index in [1.807, 2.05) is 31.2 Å². The standard InChI is InChI=1S/C14H22N2O2/c1-10(2)11(3)16-14(17)9-18-13-6-4-5-12(7-13)8-15/h4-7,10-11H,8-9,15H2,1-3H3,(H,16,17). The largest absolute Gasteiger partial charge is 0.484 e. The molecule has 0 aliphatic heterocycles. The Labute approximate surface area is 109 Å². The summed E-state index contributed by atoms with van der Waals surface area (Å²) in [7, 11) is 0. The Morgan fingerprint density at radius 2 is 2.11 bits per heavy atom. The molecule has 18 heavy (non-hydrogen) atoms. The summed E-state index contributed by atoms with van der Waals surface area (Å²) in [5, 5.41) is 2.89. The number of hydrogen-bond acceptors (Lipinski definition) is 3. The highest BCUT2D eigenvalue weighted by Gasteiger charge is 2.11. The van der Waals surface area contributed by atoms with Crippen molar-refractivity contribution in [3.05, 3.63) is 29.8 Å². The Hall–Kier alpha value is -1.55. The minimum Gasteiger partial charge on any atom is -0.484 e. The van der Waals surface area contributed by atoms with Crippen LogP contribution in [-0.4, -0.2) is 18.6 Å². The van der Waals surface area contributed by atoms with Crippen molar-refractivity contribution < 1.29 is 9.53 Å². The quantitative estimate of drug-likeness (QED) is 0.807. The molecule has 0 aliphatic rings. The van der Waals surface area contributed by atoms with Gasteiger partial charge in [0.2, 0.25) is 0 Å². The Kier molecular flexibility index (Phi) is 5.65. The predicted octanol–water partition coefficient (Wildman–Crippen LogP) is 1.68. The topological polar surface area (TPSA) is 64.3 Å². The number of nitrogens with two attached hydrogens (primary N) is 1. The van der Waals surface area contributed by atoms with Crippen molar-refractivity contribution in [1.82, 2.24) is 5.32 Å². The maximum absolute atomic E-state index is 11.6. The van der Waals surface area contributed by atoms with Crippen molar-refractivity contribution in [2.24, 2.45) is 11.7 Å². The molecular weight excluding hydrogens is 228 g/mol. The minimum absolute atomic E-state index is 0.0328. The van der Waals surface area contributed by atoms with Gasteiger partial charge in [0.1, 0.15) is 5.75 Å². The Balaban J connectivity index is 2.42. The Morgan fingerprint density at radius 3 is 2.72 bits per heavy atom. The fraction of sp³-hybridized carbons (Fsp3) is 0.500. The van der Waals surface area contributed by atoms with Crippen molar-refractivity contribution >= 4 is 5.91 Å². The molecule has 0 saturated heterocycles. The summed E-state index contributed by atoms with van der Waals surface area (Å²) in [6.45, 7) is 6.61. The van der Waals surface area contributed by atoms with Crippen LogP contribution in [0.5, 0.6) is 5.75 Å². The van der Waals surface area contributed by atoms with Crippen molar-refractivity contribution in [2.75, 3.05) is 6.61 Å². The van der Waals surface area contributed by atoms with Crippen molar-refractivity contribution in [1.29, 1.82) is 0 Å². The second-order valence-electron chi connectivity index (χ2n) is 4.74. The fourth-order valence-electron chi connectivity index (χ4n) is 1.37. The van der Waals surface area contributed by atoms with Gasteiger partial charge >= 0.3 is 0 Å². The smallest absolute Gasteiger partial charge is 0.258 e. The number of amides is 1. The first kappa shape index (κ1) is 14.5. The van der Waals surface area contributed by atoms with E-state index in [4.69, 9.17) is 10.5 Å². The lowest BCUT2D eigenvalue weighted by Crippen LogP contribution is -2.38. The monoisotopic (exact) mass is 250 g/mol. The van der Waals surface area contributed by atoms with Gasteiger partial charge in [0, 0.05) is 12.6 Å². The zero-order chi connectivity index (χ0) is 13.5. The van der Waals surface area contributed by atoms with E-state index in [0.717, 1.165) is 5.56 Å². The van der Waals surface area contributed by atoms with Crippen LogP contribution in [0.15, 0.2) is 24.3 Å². The summed E-state index contributed by atoms with van der Waals surface area (Å²) in [4.78, 5) is 11.6. The molecule has 0 aliphatic carbocycles. The molecule has 1 amide bonds. The van der Waals surface area contributed by atoms with E-state index >= 15 is 0 Å². The molecule has 0 bridgehead atoms. The van der Waals surface area contributed by atoms with Gasteiger partial charge in [-0.25, -0.2) is 0 Å². The van der Waals surface area contributed by atoms with Crippen LogP contribution < -0.4 is 15.8 Å². The molecule has 4 heteroatoms. The third-order valence-electron chi connectivity index (χ3n) is 2.89. The Morgan fingerprint density at radius 1 is 1.39 bits per heavy atom. The van der Waals surface area contributed by atoms with E-state index in [-0.39, 0.29) is 18.6 Å². The lowest BCUT2D eigenvalue weighted by molar-refractivity contribution is -0.124. The van der Waals surface area contributed by atoms with Crippen LogP contribution in [0, 0.1) is 5.92 Å². The van der Waals surface area contributed by atoms with Crippen LogP contribution in [0.4, 0.5) is 0 Å². The SMILES string of the molecule is CC(C)C(C)NC(=O)COc1cccc(CN)c1. The molecule has 1 aromatic carbocycles. The molecule has 0 radical (unpaired) electrons. The first-order valence-corrected chi connectivity index (χ1v) is 6.24. The average molecular weight is 250 g/mol. The molecule has 1 rings (SSSR count). The number of carbonyl (C=O) groups excluding carboxylic acids is 1. The van der Waals surface area contributed by atoms with E-state index in [9.17, 15) is 4.79 Å². The lowest BCUT2D eigenvalue weighted by Gasteiger charge is -2.17. The molecule has 4 nitrogen and oxygen atoms in total. The zero-order valence-electron chi connectivity index (χ0n) is 11.3. The first-order chi connectivity index (χ1) is 8.52. The maximum atomic E-state index is 11.6. The molecule has 0 spiro atoms. The molecule has 1 aromatic rings. The normalized spacial score (nSPS) is 12.3. The summed E-state index contributed by atoms with van der Waals surface area (Å²) >= 11 is 0. The third kappa shape index (κ3) is 4.75. The summed E-state index contributed by atoms with van der Waals surface area (Å²) in [6.07, 6.45) is 0. The van der Waals surface area contributed by atoms with Gasteiger partial charge in [-0.15, -0.1) is 0 Å². The van der Waals surface area contributed by atoms with Gasteiger partial charge in [-0.2, -0.15) is 0 Å². The number of benzene rings is 1. The molecule has 100 valence electrons. The number of ether oxygens (including phenoxy) is 1. The van der Waals surface area contributed by atoms with E-state index in [2.05, 4.69) is 19.2 Å². The highest BCUT2D eigenvalue weighted by atomic mass is 16.5. The van der Waals surface area contributed by atoms with Gasteiger partial charge in [0.15, 0.2) is 6.61 Å². The lowest BCUT2D eigenvalue weighted by atomic mass is 10.1. The van der Waals surface area contributed by atoms with Gasteiger partial charge in [0.05, 0.1) is 0 Å². The van der Waals surface area contributed by atoms with Crippen molar-refractivity contribution in [3.8, 4) is 5.75 Å². The molecular formula is C14H22N2O2. The molecule has 0 fully saturated rings. The molecule has 1 atom stereocenters. The number of rotatable bonds is 6. The molecule has 0 heterocycles. The molecule has 0 aromatic heterocycles. The molecule has 1 unspecified atom stereocenters. The maximum Gasteiger partial charge on any atom is 0.258 e. The van der Waals surface area contributed by atoms with Gasteiger partial charge in [0.25, 0.3) is 5.91 Å². The summed E-state index contributed by atoms with van der Waals surface area (Å²) in [5.74, 6) is 0.981. The van der Waals surface area contributed by atoms with Crippen molar-refractivity contribution in [3.63, 3.8) is 0 Å². The minimum atomic E-state index is -0.102. The summed E-state index contributed by atoms with van der Waals surface area (Å²) in [5.41, 5.74) is 6.53. The van der Waals surface area contributed by atoms with E-state index in [1.54, 1.807) is 0 Å². The molecule has 3 N–H and O–H groups in total. The van der Waals surface area contributed by atoms with Gasteiger partial charge < -0.3 is 15.8 Å². The molecule has 0 saturated carbocycles. The predicted molar refractivity (Wildman–Crippen MR) is 72.3 cm³/mol. The third-order valence-corrected chi connectivity index (χ3v) is 2.89. The van der Waals surface area contributed by atoms with E-state index in [1.165, 1.54) is 0 Å². The second kappa shape index (κ2) is 7.01. The summed E-state index contributed by atoms with van der Waals surface area (Å²) < 4.78 is 5.42. The Bertz CT molecular complexity index is 391.